The summed E-state index contributed by atoms with van der Waals surface area (Å²) in [7, 11) is 0. The highest BCUT2D eigenvalue weighted by molar-refractivity contribution is 5.24. The first-order chi connectivity index (χ1) is 7.71. The Bertz CT molecular complexity index is 291. The molecule has 0 heterocycles. The van der Waals surface area contributed by atoms with E-state index in [9.17, 15) is 0 Å². The summed E-state index contributed by atoms with van der Waals surface area (Å²) in [4.78, 5) is 2.00. The molecule has 0 fully saturated rings. The molecule has 4 N–H and O–H groups in total. The van der Waals surface area contributed by atoms with E-state index in [1.165, 1.54) is 17.5 Å². The standard InChI is InChI=1S/C13H23N3/c1-3-11(2)13-6-4-12(5-7-13)8-16(9-14)10-15/h4-7,11H,3,8-10,14-15H2,1-2H3. The van der Waals surface area contributed by atoms with Crippen molar-refractivity contribution in [2.75, 3.05) is 13.3 Å². The van der Waals surface area contributed by atoms with E-state index in [1.807, 2.05) is 4.90 Å². The predicted octanol–water partition coefficient (Wildman–Crippen LogP) is 1.83. The topological polar surface area (TPSA) is 55.3 Å². The van der Waals surface area contributed by atoms with Crippen LogP contribution in [0.2, 0.25) is 0 Å². The van der Waals surface area contributed by atoms with Crippen molar-refractivity contribution in [2.24, 2.45) is 11.5 Å². The van der Waals surface area contributed by atoms with Crippen LogP contribution in [0.25, 0.3) is 0 Å². The smallest absolute Gasteiger partial charge is 0.0470 e. The van der Waals surface area contributed by atoms with Crippen LogP contribution in [-0.2, 0) is 6.54 Å². The molecule has 16 heavy (non-hydrogen) atoms. The molecule has 1 aromatic rings. The van der Waals surface area contributed by atoms with Crippen molar-refractivity contribution in [2.45, 2.75) is 32.7 Å². The molecule has 0 aliphatic heterocycles. The number of rotatable bonds is 6. The van der Waals surface area contributed by atoms with Crippen molar-refractivity contribution in [3.05, 3.63) is 35.4 Å². The van der Waals surface area contributed by atoms with Crippen molar-refractivity contribution in [3.63, 3.8) is 0 Å². The van der Waals surface area contributed by atoms with Gasteiger partial charge in [-0.1, -0.05) is 38.1 Å². The molecule has 1 atom stereocenters. The summed E-state index contributed by atoms with van der Waals surface area (Å²) in [6, 6.07) is 8.74. The lowest BCUT2D eigenvalue weighted by Crippen LogP contribution is -2.34. The minimum atomic E-state index is 0.504. The van der Waals surface area contributed by atoms with Gasteiger partial charge in [-0.25, -0.2) is 0 Å². The first kappa shape index (κ1) is 13.2. The zero-order valence-corrected chi connectivity index (χ0v) is 10.3. The minimum absolute atomic E-state index is 0.504. The normalized spacial score (nSPS) is 13.1. The molecule has 0 amide bonds. The summed E-state index contributed by atoms with van der Waals surface area (Å²) in [6.45, 7) is 6.30. The summed E-state index contributed by atoms with van der Waals surface area (Å²) in [5.41, 5.74) is 13.8. The molecule has 90 valence electrons. The lowest BCUT2D eigenvalue weighted by molar-refractivity contribution is 0.281. The number of nitrogens with two attached hydrogens (primary N) is 2. The van der Waals surface area contributed by atoms with Crippen molar-refractivity contribution in [1.29, 1.82) is 0 Å². The number of nitrogens with zero attached hydrogens (tertiary/aromatic N) is 1. The van der Waals surface area contributed by atoms with Crippen LogP contribution >= 0.6 is 0 Å². The average molecular weight is 221 g/mol. The van der Waals surface area contributed by atoms with Gasteiger partial charge in [-0.2, -0.15) is 0 Å². The van der Waals surface area contributed by atoms with Gasteiger partial charge in [0.15, 0.2) is 0 Å². The lowest BCUT2D eigenvalue weighted by atomic mass is 9.97. The van der Waals surface area contributed by atoms with E-state index in [-0.39, 0.29) is 0 Å². The maximum absolute atomic E-state index is 5.58. The molecule has 3 heteroatoms. The van der Waals surface area contributed by atoms with E-state index in [0.29, 0.717) is 19.3 Å². The van der Waals surface area contributed by atoms with Gasteiger partial charge in [-0.3, -0.25) is 4.90 Å². The Kier molecular flexibility index (Phi) is 5.46. The molecular weight excluding hydrogens is 198 g/mol. The third-order valence-corrected chi connectivity index (χ3v) is 3.08. The largest absolute Gasteiger partial charge is 0.318 e. The van der Waals surface area contributed by atoms with Crippen LogP contribution in [0.4, 0.5) is 0 Å². The summed E-state index contributed by atoms with van der Waals surface area (Å²) in [5, 5.41) is 0. The SMILES string of the molecule is CCC(C)c1ccc(CN(CN)CN)cc1. The minimum Gasteiger partial charge on any atom is -0.318 e. The molecule has 0 saturated heterocycles. The van der Waals surface area contributed by atoms with Gasteiger partial charge in [0.1, 0.15) is 0 Å². The van der Waals surface area contributed by atoms with Crippen LogP contribution in [0.5, 0.6) is 0 Å². The van der Waals surface area contributed by atoms with Gasteiger partial charge in [0.25, 0.3) is 0 Å². The maximum Gasteiger partial charge on any atom is 0.0470 e. The number of benzene rings is 1. The Labute approximate surface area is 98.4 Å². The molecule has 1 rings (SSSR count). The Morgan fingerprint density at radius 2 is 1.69 bits per heavy atom. The molecule has 0 bridgehead atoms. The number of hydrogen-bond donors (Lipinski definition) is 2. The molecule has 3 nitrogen and oxygen atoms in total. The second kappa shape index (κ2) is 6.63. The van der Waals surface area contributed by atoms with E-state index in [2.05, 4.69) is 38.1 Å². The second-order valence-corrected chi connectivity index (χ2v) is 4.24. The van der Waals surface area contributed by atoms with Crippen molar-refractivity contribution in [1.82, 2.24) is 4.90 Å². The predicted molar refractivity (Wildman–Crippen MR) is 68.8 cm³/mol. The van der Waals surface area contributed by atoms with Crippen LogP contribution in [0, 0.1) is 0 Å². The van der Waals surface area contributed by atoms with E-state index >= 15 is 0 Å². The zero-order chi connectivity index (χ0) is 12.0. The second-order valence-electron chi connectivity index (χ2n) is 4.24. The molecule has 1 aromatic carbocycles. The third kappa shape index (κ3) is 3.59. The highest BCUT2D eigenvalue weighted by Gasteiger charge is 2.04. The van der Waals surface area contributed by atoms with Gasteiger partial charge in [-0.15, -0.1) is 0 Å². The fourth-order valence-electron chi connectivity index (χ4n) is 1.65. The van der Waals surface area contributed by atoms with Gasteiger partial charge in [0, 0.05) is 19.9 Å². The molecule has 1 unspecified atom stereocenters. The van der Waals surface area contributed by atoms with Crippen LogP contribution in [-0.4, -0.2) is 18.2 Å². The molecule has 0 aromatic heterocycles. The quantitative estimate of drug-likeness (QED) is 0.721. The molecular formula is C13H23N3. The Hall–Kier alpha value is -0.900. The van der Waals surface area contributed by atoms with Crippen LogP contribution in [0.15, 0.2) is 24.3 Å². The average Bonchev–Trinajstić information content (AvgIpc) is 2.35. The van der Waals surface area contributed by atoms with Crippen LogP contribution in [0.3, 0.4) is 0 Å². The Balaban J connectivity index is 2.64. The fourth-order valence-corrected chi connectivity index (χ4v) is 1.65. The van der Waals surface area contributed by atoms with Gasteiger partial charge >= 0.3 is 0 Å². The molecule has 0 spiro atoms. The summed E-state index contributed by atoms with van der Waals surface area (Å²) in [5.74, 6) is 0.633. The van der Waals surface area contributed by atoms with Crippen molar-refractivity contribution in [3.8, 4) is 0 Å². The molecule has 0 radical (unpaired) electrons. The van der Waals surface area contributed by atoms with Gasteiger partial charge in [-0.05, 0) is 23.5 Å². The number of hydrogen-bond acceptors (Lipinski definition) is 3. The van der Waals surface area contributed by atoms with Crippen molar-refractivity contribution < 1.29 is 0 Å². The monoisotopic (exact) mass is 221 g/mol. The van der Waals surface area contributed by atoms with Gasteiger partial charge in [0.2, 0.25) is 0 Å². The highest BCUT2D eigenvalue weighted by atomic mass is 15.2. The van der Waals surface area contributed by atoms with Gasteiger partial charge in [0.05, 0.1) is 0 Å². The van der Waals surface area contributed by atoms with E-state index in [4.69, 9.17) is 11.5 Å². The maximum atomic E-state index is 5.58. The van der Waals surface area contributed by atoms with Crippen LogP contribution < -0.4 is 11.5 Å². The van der Waals surface area contributed by atoms with Gasteiger partial charge < -0.3 is 11.5 Å². The summed E-state index contributed by atoms with van der Waals surface area (Å²) >= 11 is 0. The van der Waals surface area contributed by atoms with E-state index in [1.54, 1.807) is 0 Å². The molecule has 0 aliphatic carbocycles. The highest BCUT2D eigenvalue weighted by Crippen LogP contribution is 2.19. The molecule has 0 aliphatic rings. The first-order valence-electron chi connectivity index (χ1n) is 5.92. The third-order valence-electron chi connectivity index (χ3n) is 3.08. The summed E-state index contributed by atoms with van der Waals surface area (Å²) < 4.78 is 0. The summed E-state index contributed by atoms with van der Waals surface area (Å²) in [6.07, 6.45) is 1.18. The Morgan fingerprint density at radius 1 is 1.12 bits per heavy atom. The molecule has 0 saturated carbocycles. The Morgan fingerprint density at radius 3 is 2.12 bits per heavy atom. The van der Waals surface area contributed by atoms with E-state index in [0.717, 1.165) is 6.54 Å². The van der Waals surface area contributed by atoms with Crippen molar-refractivity contribution >= 4 is 0 Å². The first-order valence-corrected chi connectivity index (χ1v) is 5.92. The van der Waals surface area contributed by atoms with Crippen LogP contribution in [0.1, 0.15) is 37.3 Å². The fraction of sp³-hybridized carbons (Fsp3) is 0.538. The lowest BCUT2D eigenvalue weighted by Gasteiger charge is -2.18. The zero-order valence-electron chi connectivity index (χ0n) is 10.3. The van der Waals surface area contributed by atoms with E-state index < -0.39 is 0 Å².